The van der Waals surface area contributed by atoms with Crippen molar-refractivity contribution in [3.63, 3.8) is 0 Å². The number of benzene rings is 1. The summed E-state index contributed by atoms with van der Waals surface area (Å²) < 4.78 is 10.7. The van der Waals surface area contributed by atoms with E-state index in [1.165, 1.54) is 12.8 Å². The lowest BCUT2D eigenvalue weighted by Gasteiger charge is -2.33. The fraction of sp³-hybridized carbons (Fsp3) is 0.526. The second-order valence-electron chi connectivity index (χ2n) is 6.84. The van der Waals surface area contributed by atoms with E-state index in [0.717, 1.165) is 18.8 Å². The van der Waals surface area contributed by atoms with Gasteiger partial charge in [-0.25, -0.2) is 0 Å². The first-order valence-corrected chi connectivity index (χ1v) is 8.82. The molecule has 0 N–H and O–H groups in total. The van der Waals surface area contributed by atoms with E-state index >= 15 is 0 Å². The Bertz CT molecular complexity index is 720. The Morgan fingerprint density at radius 2 is 2.00 bits per heavy atom. The summed E-state index contributed by atoms with van der Waals surface area (Å²) in [6, 6.07) is 7.63. The van der Waals surface area contributed by atoms with Crippen LogP contribution >= 0.6 is 0 Å². The van der Waals surface area contributed by atoms with Gasteiger partial charge in [-0.1, -0.05) is 24.2 Å². The van der Waals surface area contributed by atoms with Crippen LogP contribution in [0, 0.1) is 12.8 Å². The van der Waals surface area contributed by atoms with Gasteiger partial charge in [-0.2, -0.15) is 4.98 Å². The molecule has 0 bridgehead atoms. The summed E-state index contributed by atoms with van der Waals surface area (Å²) in [4.78, 5) is 18.9. The molecule has 1 aromatic carbocycles. The van der Waals surface area contributed by atoms with Crippen molar-refractivity contribution in [3.8, 4) is 5.75 Å². The van der Waals surface area contributed by atoms with E-state index < -0.39 is 0 Å². The molecule has 134 valence electrons. The average molecular weight is 343 g/mol. The first-order valence-electron chi connectivity index (χ1n) is 8.82. The van der Waals surface area contributed by atoms with Crippen LogP contribution < -0.4 is 4.74 Å². The Hall–Kier alpha value is -2.37. The summed E-state index contributed by atoms with van der Waals surface area (Å²) in [6.07, 6.45) is 4.48. The van der Waals surface area contributed by atoms with Crippen molar-refractivity contribution >= 4 is 5.91 Å². The fourth-order valence-corrected chi connectivity index (χ4v) is 3.30. The molecule has 0 saturated heterocycles. The summed E-state index contributed by atoms with van der Waals surface area (Å²) in [7, 11) is 1.89. The molecule has 1 heterocycles. The van der Waals surface area contributed by atoms with Crippen molar-refractivity contribution in [1.82, 2.24) is 15.0 Å². The van der Waals surface area contributed by atoms with E-state index in [4.69, 9.17) is 9.26 Å². The highest BCUT2D eigenvalue weighted by Crippen LogP contribution is 2.28. The second-order valence-corrected chi connectivity index (χ2v) is 6.84. The molecule has 0 radical (unpaired) electrons. The quantitative estimate of drug-likeness (QED) is 0.829. The van der Waals surface area contributed by atoms with Gasteiger partial charge in [-0.15, -0.1) is 0 Å². The Morgan fingerprint density at radius 1 is 1.28 bits per heavy atom. The minimum absolute atomic E-state index is 0.000513. The molecule has 0 atom stereocenters. The lowest BCUT2D eigenvalue weighted by Crippen LogP contribution is -2.39. The Kier molecular flexibility index (Phi) is 5.36. The largest absolute Gasteiger partial charge is 0.485 e. The van der Waals surface area contributed by atoms with Gasteiger partial charge in [0.25, 0.3) is 5.91 Å². The number of aromatic nitrogens is 2. The van der Waals surface area contributed by atoms with Gasteiger partial charge in [-0.3, -0.25) is 4.79 Å². The number of rotatable bonds is 5. The van der Waals surface area contributed by atoms with Crippen LogP contribution in [-0.4, -0.2) is 34.0 Å². The van der Waals surface area contributed by atoms with Crippen LogP contribution in [0.5, 0.6) is 5.75 Å². The molecule has 6 nitrogen and oxygen atoms in total. The van der Waals surface area contributed by atoms with Crippen molar-refractivity contribution < 1.29 is 14.1 Å². The highest BCUT2D eigenvalue weighted by Gasteiger charge is 2.26. The standard InChI is InChI=1S/C19H25N3O3/c1-13-8-10-15(11-9-13)22(3)19(23)16-6-4-5-7-17(16)24-12-18-20-14(2)25-21-18/h4-7,13,15H,8-12H2,1-3H3. The van der Waals surface area contributed by atoms with Crippen molar-refractivity contribution in [3.05, 3.63) is 41.5 Å². The van der Waals surface area contributed by atoms with Gasteiger partial charge < -0.3 is 14.2 Å². The number of nitrogens with zero attached hydrogens (tertiary/aromatic N) is 3. The number of ether oxygens (including phenoxy) is 1. The maximum atomic E-state index is 13.0. The molecule has 6 heteroatoms. The van der Waals surface area contributed by atoms with E-state index in [-0.39, 0.29) is 12.5 Å². The first kappa shape index (κ1) is 17.5. The molecule has 1 aliphatic carbocycles. The molecule has 25 heavy (non-hydrogen) atoms. The van der Waals surface area contributed by atoms with Gasteiger partial charge in [0, 0.05) is 20.0 Å². The zero-order valence-electron chi connectivity index (χ0n) is 15.1. The zero-order chi connectivity index (χ0) is 17.8. The third kappa shape index (κ3) is 4.18. The fourth-order valence-electron chi connectivity index (χ4n) is 3.30. The van der Waals surface area contributed by atoms with Crippen molar-refractivity contribution in [2.24, 2.45) is 5.92 Å². The summed E-state index contributed by atoms with van der Waals surface area (Å²) >= 11 is 0. The topological polar surface area (TPSA) is 68.5 Å². The van der Waals surface area contributed by atoms with Crippen molar-refractivity contribution in [2.75, 3.05) is 7.05 Å². The van der Waals surface area contributed by atoms with Crippen LogP contribution in [0.3, 0.4) is 0 Å². The summed E-state index contributed by atoms with van der Waals surface area (Å²) in [5.74, 6) is 2.27. The Balaban J connectivity index is 1.69. The normalized spacial score (nSPS) is 20.3. The molecular formula is C19H25N3O3. The van der Waals surface area contributed by atoms with Gasteiger partial charge >= 0.3 is 0 Å². The summed E-state index contributed by atoms with van der Waals surface area (Å²) in [5, 5.41) is 3.81. The Labute approximate surface area is 148 Å². The maximum Gasteiger partial charge on any atom is 0.257 e. The van der Waals surface area contributed by atoms with Crippen molar-refractivity contribution in [2.45, 2.75) is 52.2 Å². The SMILES string of the molecule is Cc1nc(COc2ccccc2C(=O)N(C)C2CCC(C)CC2)no1. The number of carbonyl (C=O) groups is 1. The molecule has 0 unspecified atom stereocenters. The number of hydrogen-bond acceptors (Lipinski definition) is 5. The summed E-state index contributed by atoms with van der Waals surface area (Å²) in [6.45, 7) is 4.18. The smallest absolute Gasteiger partial charge is 0.257 e. The van der Waals surface area contributed by atoms with Gasteiger partial charge in [0.1, 0.15) is 5.75 Å². The molecule has 1 fully saturated rings. The van der Waals surface area contributed by atoms with Crippen LogP contribution in [0.15, 0.2) is 28.8 Å². The lowest BCUT2D eigenvalue weighted by molar-refractivity contribution is 0.0674. The minimum atomic E-state index is -0.000513. The van der Waals surface area contributed by atoms with Gasteiger partial charge in [0.15, 0.2) is 6.61 Å². The van der Waals surface area contributed by atoms with Crippen LogP contribution in [0.25, 0.3) is 0 Å². The number of aryl methyl sites for hydroxylation is 1. The highest BCUT2D eigenvalue weighted by molar-refractivity contribution is 5.97. The van der Waals surface area contributed by atoms with E-state index in [0.29, 0.717) is 29.1 Å². The third-order valence-corrected chi connectivity index (χ3v) is 4.90. The monoisotopic (exact) mass is 343 g/mol. The number of para-hydroxylation sites is 1. The molecule has 3 rings (SSSR count). The summed E-state index contributed by atoms with van der Waals surface area (Å²) in [5.41, 5.74) is 0.573. The van der Waals surface area contributed by atoms with E-state index in [1.807, 2.05) is 24.1 Å². The zero-order valence-corrected chi connectivity index (χ0v) is 15.1. The van der Waals surface area contributed by atoms with Crippen molar-refractivity contribution in [1.29, 1.82) is 0 Å². The molecule has 1 saturated carbocycles. The molecule has 2 aromatic rings. The second kappa shape index (κ2) is 7.68. The number of amides is 1. The lowest BCUT2D eigenvalue weighted by atomic mass is 9.86. The van der Waals surface area contributed by atoms with E-state index in [1.54, 1.807) is 19.1 Å². The molecule has 1 aliphatic rings. The highest BCUT2D eigenvalue weighted by atomic mass is 16.5. The van der Waals surface area contributed by atoms with Crippen LogP contribution in [-0.2, 0) is 6.61 Å². The molecule has 0 aliphatic heterocycles. The van der Waals surface area contributed by atoms with Gasteiger partial charge in [0.2, 0.25) is 11.7 Å². The molecular weight excluding hydrogens is 318 g/mol. The van der Waals surface area contributed by atoms with Crippen LogP contribution in [0.1, 0.15) is 54.7 Å². The van der Waals surface area contributed by atoms with E-state index in [9.17, 15) is 4.79 Å². The average Bonchev–Trinajstić information content (AvgIpc) is 3.05. The minimum Gasteiger partial charge on any atom is -0.485 e. The third-order valence-electron chi connectivity index (χ3n) is 4.90. The van der Waals surface area contributed by atoms with Crippen LogP contribution in [0.2, 0.25) is 0 Å². The maximum absolute atomic E-state index is 13.0. The predicted octanol–water partition coefficient (Wildman–Crippen LogP) is 3.61. The molecule has 1 aromatic heterocycles. The van der Waals surface area contributed by atoms with Gasteiger partial charge in [-0.05, 0) is 43.7 Å². The molecule has 0 spiro atoms. The number of hydrogen-bond donors (Lipinski definition) is 0. The van der Waals surface area contributed by atoms with E-state index in [2.05, 4.69) is 17.1 Å². The number of carbonyl (C=O) groups excluding carboxylic acids is 1. The van der Waals surface area contributed by atoms with Gasteiger partial charge in [0.05, 0.1) is 5.56 Å². The Morgan fingerprint density at radius 3 is 2.68 bits per heavy atom. The predicted molar refractivity (Wildman–Crippen MR) is 93.3 cm³/mol. The first-order chi connectivity index (χ1) is 12.0. The van der Waals surface area contributed by atoms with Crippen LogP contribution in [0.4, 0.5) is 0 Å². The molecule has 1 amide bonds.